The lowest BCUT2D eigenvalue weighted by molar-refractivity contribution is -0.0479. The van der Waals surface area contributed by atoms with E-state index in [-0.39, 0.29) is 5.63 Å². The lowest BCUT2D eigenvalue weighted by atomic mass is 9.92. The molecule has 0 bridgehead atoms. The zero-order valence-corrected chi connectivity index (χ0v) is 15.6. The number of benzene rings is 1. The van der Waals surface area contributed by atoms with Crippen molar-refractivity contribution in [3.8, 4) is 0 Å². The molecule has 2 aromatic rings. The van der Waals surface area contributed by atoms with E-state index < -0.39 is 5.60 Å². The van der Waals surface area contributed by atoms with Gasteiger partial charge in [-0.25, -0.2) is 4.79 Å². The summed E-state index contributed by atoms with van der Waals surface area (Å²) in [4.78, 5) is 16.3. The maximum atomic E-state index is 12.0. The topological polar surface area (TPSA) is 56.9 Å². The Labute approximate surface area is 148 Å². The number of fused-ring (bicyclic) bond motifs is 1. The summed E-state index contributed by atoms with van der Waals surface area (Å²) in [5, 5.41) is 11.9. The zero-order valence-electron chi connectivity index (χ0n) is 15.6. The van der Waals surface area contributed by atoms with Gasteiger partial charge >= 0.3 is 5.63 Å². The first-order valence-electron chi connectivity index (χ1n) is 8.89. The first-order valence-corrected chi connectivity index (χ1v) is 8.89. The van der Waals surface area contributed by atoms with Gasteiger partial charge in [0.2, 0.25) is 0 Å². The van der Waals surface area contributed by atoms with Gasteiger partial charge in [-0.05, 0) is 70.1 Å². The number of hydrogen-bond donors (Lipinski definition) is 1. The van der Waals surface area contributed by atoms with Gasteiger partial charge in [-0.1, -0.05) is 6.07 Å². The number of aryl methyl sites for hydroxylation is 2. The number of β-amino-alcohol motifs (C(OH)–C–C–N with tert-alkyl or cyclic N) is 1. The molecule has 1 saturated heterocycles. The Kier molecular flexibility index (Phi) is 5.00. The van der Waals surface area contributed by atoms with Crippen molar-refractivity contribution < 1.29 is 9.52 Å². The van der Waals surface area contributed by atoms with Crippen LogP contribution >= 0.6 is 0 Å². The van der Waals surface area contributed by atoms with Crippen molar-refractivity contribution in [2.24, 2.45) is 0 Å². The second kappa shape index (κ2) is 6.90. The largest absolute Gasteiger partial charge is 0.422 e. The highest BCUT2D eigenvalue weighted by Gasteiger charge is 2.33. The Morgan fingerprint density at radius 2 is 2.04 bits per heavy atom. The Bertz CT molecular complexity index is 828. The molecule has 3 rings (SSSR count). The molecule has 1 fully saturated rings. The molecule has 1 aromatic heterocycles. The highest BCUT2D eigenvalue weighted by Crippen LogP contribution is 2.27. The fraction of sp³-hybridized carbons (Fsp3) is 0.550. The lowest BCUT2D eigenvalue weighted by Gasteiger charge is -2.40. The standard InChI is InChI=1S/C20H28N2O3/c1-14-8-15(2)19-17(9-14)16(10-18(23)25-19)11-22-7-5-6-20(24,13-22)12-21(3)4/h8-10,24H,5-7,11-13H2,1-4H3. The lowest BCUT2D eigenvalue weighted by Crippen LogP contribution is -2.52. The van der Waals surface area contributed by atoms with Crippen LogP contribution in [-0.2, 0) is 6.54 Å². The molecule has 5 heteroatoms. The number of piperidine rings is 1. The van der Waals surface area contributed by atoms with Gasteiger partial charge in [0.25, 0.3) is 0 Å². The van der Waals surface area contributed by atoms with E-state index in [1.165, 1.54) is 0 Å². The molecular formula is C20H28N2O3. The van der Waals surface area contributed by atoms with Crippen LogP contribution < -0.4 is 5.63 Å². The molecule has 0 saturated carbocycles. The van der Waals surface area contributed by atoms with Crippen molar-refractivity contribution in [2.75, 3.05) is 33.7 Å². The van der Waals surface area contributed by atoms with Gasteiger partial charge in [0.1, 0.15) is 5.58 Å². The normalized spacial score (nSPS) is 22.0. The summed E-state index contributed by atoms with van der Waals surface area (Å²) in [5.74, 6) is 0. The predicted molar refractivity (Wildman–Crippen MR) is 100.0 cm³/mol. The molecule has 1 aliphatic rings. The minimum absolute atomic E-state index is 0.310. The molecule has 0 spiro atoms. The number of hydrogen-bond acceptors (Lipinski definition) is 5. The van der Waals surface area contributed by atoms with E-state index in [1.807, 2.05) is 32.0 Å². The van der Waals surface area contributed by atoms with Crippen LogP contribution in [0.3, 0.4) is 0 Å². The average molecular weight is 344 g/mol. The third kappa shape index (κ3) is 4.11. The van der Waals surface area contributed by atoms with Crippen LogP contribution in [0.15, 0.2) is 27.4 Å². The highest BCUT2D eigenvalue weighted by atomic mass is 16.4. The SMILES string of the molecule is Cc1cc(C)c2oc(=O)cc(CN3CCCC(O)(CN(C)C)C3)c2c1. The summed E-state index contributed by atoms with van der Waals surface area (Å²) in [5.41, 5.74) is 2.79. The average Bonchev–Trinajstić information content (AvgIpc) is 2.47. The first kappa shape index (κ1) is 18.1. The van der Waals surface area contributed by atoms with E-state index in [0.717, 1.165) is 41.5 Å². The molecule has 1 atom stereocenters. The summed E-state index contributed by atoms with van der Waals surface area (Å²) < 4.78 is 5.44. The van der Waals surface area contributed by atoms with Crippen LogP contribution in [0.5, 0.6) is 0 Å². The smallest absolute Gasteiger partial charge is 0.336 e. The van der Waals surface area contributed by atoms with Gasteiger partial charge in [-0.3, -0.25) is 4.90 Å². The van der Waals surface area contributed by atoms with E-state index >= 15 is 0 Å². The summed E-state index contributed by atoms with van der Waals surface area (Å²) >= 11 is 0. The molecule has 1 aromatic carbocycles. The van der Waals surface area contributed by atoms with Gasteiger partial charge < -0.3 is 14.4 Å². The van der Waals surface area contributed by atoms with Crippen LogP contribution in [0.4, 0.5) is 0 Å². The molecule has 0 radical (unpaired) electrons. The van der Waals surface area contributed by atoms with Crippen LogP contribution in [0.25, 0.3) is 11.0 Å². The minimum Gasteiger partial charge on any atom is -0.422 e. The maximum absolute atomic E-state index is 12.0. The van der Waals surface area contributed by atoms with Crippen molar-refractivity contribution in [1.29, 1.82) is 0 Å². The van der Waals surface area contributed by atoms with Crippen molar-refractivity contribution in [1.82, 2.24) is 9.80 Å². The molecule has 0 amide bonds. The van der Waals surface area contributed by atoms with E-state index in [0.29, 0.717) is 25.2 Å². The molecule has 136 valence electrons. The molecule has 5 nitrogen and oxygen atoms in total. The first-order chi connectivity index (χ1) is 11.8. The molecule has 0 aliphatic carbocycles. The van der Waals surface area contributed by atoms with Crippen molar-refractivity contribution in [2.45, 2.75) is 38.8 Å². The van der Waals surface area contributed by atoms with Crippen LogP contribution in [-0.4, -0.2) is 54.2 Å². The molecular weight excluding hydrogens is 316 g/mol. The summed E-state index contributed by atoms with van der Waals surface area (Å²) in [7, 11) is 3.97. The molecule has 2 heterocycles. The minimum atomic E-state index is -0.692. The fourth-order valence-corrected chi connectivity index (χ4v) is 4.11. The zero-order chi connectivity index (χ0) is 18.2. The van der Waals surface area contributed by atoms with Crippen LogP contribution in [0, 0.1) is 13.8 Å². The predicted octanol–water partition coefficient (Wildman–Crippen LogP) is 2.30. The van der Waals surface area contributed by atoms with E-state index in [9.17, 15) is 9.90 Å². The quantitative estimate of drug-likeness (QED) is 0.863. The van der Waals surface area contributed by atoms with Gasteiger partial charge in [0.15, 0.2) is 0 Å². The maximum Gasteiger partial charge on any atom is 0.336 e. The van der Waals surface area contributed by atoms with E-state index in [4.69, 9.17) is 4.42 Å². The number of aliphatic hydroxyl groups is 1. The molecule has 25 heavy (non-hydrogen) atoms. The molecule has 1 aliphatic heterocycles. The van der Waals surface area contributed by atoms with Crippen molar-refractivity contribution in [3.05, 3.63) is 45.3 Å². The number of nitrogens with zero attached hydrogens (tertiary/aromatic N) is 2. The Balaban J connectivity index is 1.91. The Hall–Kier alpha value is -1.69. The Morgan fingerprint density at radius 3 is 2.76 bits per heavy atom. The van der Waals surface area contributed by atoms with E-state index in [2.05, 4.69) is 17.9 Å². The molecule has 1 unspecified atom stereocenters. The van der Waals surface area contributed by atoms with E-state index in [1.54, 1.807) is 6.07 Å². The van der Waals surface area contributed by atoms with Gasteiger partial charge in [-0.2, -0.15) is 0 Å². The number of likely N-dealkylation sites (tertiary alicyclic amines) is 1. The summed E-state index contributed by atoms with van der Waals surface area (Å²) in [6.45, 7) is 6.89. The fourth-order valence-electron chi connectivity index (χ4n) is 4.11. The van der Waals surface area contributed by atoms with Crippen molar-refractivity contribution in [3.63, 3.8) is 0 Å². The number of rotatable bonds is 4. The monoisotopic (exact) mass is 344 g/mol. The third-order valence-corrected chi connectivity index (χ3v) is 4.90. The molecule has 1 N–H and O–H groups in total. The summed E-state index contributed by atoms with van der Waals surface area (Å²) in [6.07, 6.45) is 1.78. The van der Waals surface area contributed by atoms with Gasteiger partial charge in [0.05, 0.1) is 5.60 Å². The van der Waals surface area contributed by atoms with Gasteiger partial charge in [0, 0.05) is 31.1 Å². The van der Waals surface area contributed by atoms with Gasteiger partial charge in [-0.15, -0.1) is 0 Å². The number of likely N-dealkylation sites (N-methyl/N-ethyl adjacent to an activating group) is 1. The van der Waals surface area contributed by atoms with Crippen LogP contribution in [0.2, 0.25) is 0 Å². The highest BCUT2D eigenvalue weighted by molar-refractivity contribution is 5.83. The second-order valence-corrected chi connectivity index (χ2v) is 7.83. The van der Waals surface area contributed by atoms with Crippen LogP contribution in [0.1, 0.15) is 29.5 Å². The van der Waals surface area contributed by atoms with Crippen molar-refractivity contribution >= 4 is 11.0 Å². The third-order valence-electron chi connectivity index (χ3n) is 4.90. The summed E-state index contributed by atoms with van der Waals surface area (Å²) in [6, 6.07) is 5.71. The Morgan fingerprint density at radius 1 is 1.28 bits per heavy atom. The second-order valence-electron chi connectivity index (χ2n) is 7.83.